The molecule has 0 aliphatic rings. The van der Waals surface area contributed by atoms with Gasteiger partial charge in [0.1, 0.15) is 11.6 Å². The largest absolute Gasteiger partial charge is 0.456 e. The van der Waals surface area contributed by atoms with Gasteiger partial charge in [0.25, 0.3) is 5.56 Å². The molecule has 0 atom stereocenters. The lowest BCUT2D eigenvalue weighted by Gasteiger charge is -2.07. The molecule has 0 spiro atoms. The summed E-state index contributed by atoms with van der Waals surface area (Å²) in [5, 5.41) is 7.82. The van der Waals surface area contributed by atoms with E-state index in [9.17, 15) is 14.4 Å². The highest BCUT2D eigenvalue weighted by Crippen LogP contribution is 2.14. The molecule has 0 saturated heterocycles. The summed E-state index contributed by atoms with van der Waals surface area (Å²) in [4.78, 5) is 41.6. The summed E-state index contributed by atoms with van der Waals surface area (Å²) in [5.41, 5.74) is 2.09. The van der Waals surface area contributed by atoms with Gasteiger partial charge in [-0.2, -0.15) is 9.61 Å². The predicted molar refractivity (Wildman–Crippen MR) is 125 cm³/mol. The molecule has 2 aromatic carbocycles. The van der Waals surface area contributed by atoms with Gasteiger partial charge in [-0.3, -0.25) is 9.59 Å². The van der Waals surface area contributed by atoms with Crippen molar-refractivity contribution < 1.29 is 14.3 Å². The Morgan fingerprint density at radius 3 is 2.58 bits per heavy atom. The summed E-state index contributed by atoms with van der Waals surface area (Å²) in [7, 11) is 0. The third-order valence-electron chi connectivity index (χ3n) is 4.88. The molecule has 33 heavy (non-hydrogen) atoms. The molecule has 1 amide bonds. The van der Waals surface area contributed by atoms with Crippen LogP contribution in [0.15, 0.2) is 65.5 Å². The van der Waals surface area contributed by atoms with Gasteiger partial charge in [0.15, 0.2) is 0 Å². The fraction of sp³-hybridized carbons (Fsp3) is 0.208. The highest BCUT2D eigenvalue weighted by Gasteiger charge is 2.12. The van der Waals surface area contributed by atoms with E-state index < -0.39 is 5.97 Å². The molecular formula is C24H22N4O4S. The van der Waals surface area contributed by atoms with Crippen molar-refractivity contribution in [3.05, 3.63) is 92.8 Å². The standard InChI is InChI=1S/C24H22N4O4S/c1-2-21-27-28-22(30)14-19(26-24(28)33-21)15-32-23(31)17-9-11-18(12-10-17)25-20(29)13-8-16-6-4-3-5-7-16/h3-7,9-12,14H,2,8,13,15H2,1H3,(H,25,29). The first-order valence-corrected chi connectivity index (χ1v) is 11.3. The molecule has 0 aliphatic heterocycles. The van der Waals surface area contributed by atoms with E-state index in [-0.39, 0.29) is 18.1 Å². The fourth-order valence-corrected chi connectivity index (χ4v) is 4.01. The lowest BCUT2D eigenvalue weighted by Crippen LogP contribution is -2.16. The number of aryl methyl sites for hydroxylation is 2. The zero-order chi connectivity index (χ0) is 23.2. The van der Waals surface area contributed by atoms with Crippen LogP contribution in [-0.4, -0.2) is 26.5 Å². The molecule has 1 N–H and O–H groups in total. The molecule has 4 rings (SSSR count). The van der Waals surface area contributed by atoms with Crippen molar-refractivity contribution >= 4 is 33.9 Å². The number of benzene rings is 2. The molecule has 168 valence electrons. The van der Waals surface area contributed by atoms with Gasteiger partial charge in [0, 0.05) is 18.2 Å². The number of ether oxygens (including phenoxy) is 1. The number of rotatable bonds is 8. The Morgan fingerprint density at radius 1 is 1.09 bits per heavy atom. The van der Waals surface area contributed by atoms with Gasteiger partial charge in [-0.25, -0.2) is 9.78 Å². The lowest BCUT2D eigenvalue weighted by atomic mass is 10.1. The Morgan fingerprint density at radius 2 is 1.85 bits per heavy atom. The second-order valence-electron chi connectivity index (χ2n) is 7.32. The molecular weight excluding hydrogens is 440 g/mol. The first kappa shape index (κ1) is 22.3. The van der Waals surface area contributed by atoms with E-state index >= 15 is 0 Å². The highest BCUT2D eigenvalue weighted by atomic mass is 32.1. The number of aromatic nitrogens is 3. The number of carbonyl (C=O) groups excluding carboxylic acids is 2. The average Bonchev–Trinajstić information content (AvgIpc) is 3.26. The summed E-state index contributed by atoms with van der Waals surface area (Å²) in [5.74, 6) is -0.645. The van der Waals surface area contributed by atoms with Crippen LogP contribution >= 0.6 is 11.3 Å². The topological polar surface area (TPSA) is 103 Å². The fourth-order valence-electron chi connectivity index (χ4n) is 3.15. The molecule has 2 heterocycles. The van der Waals surface area contributed by atoms with Crippen molar-refractivity contribution in [1.82, 2.24) is 14.6 Å². The zero-order valence-corrected chi connectivity index (χ0v) is 18.8. The smallest absolute Gasteiger partial charge is 0.338 e. The molecule has 0 saturated carbocycles. The molecule has 4 aromatic rings. The first-order valence-electron chi connectivity index (χ1n) is 10.5. The summed E-state index contributed by atoms with van der Waals surface area (Å²) >= 11 is 1.33. The Balaban J connectivity index is 1.31. The van der Waals surface area contributed by atoms with Gasteiger partial charge in [0.05, 0.1) is 11.3 Å². The van der Waals surface area contributed by atoms with Gasteiger partial charge >= 0.3 is 5.97 Å². The molecule has 9 heteroatoms. The van der Waals surface area contributed by atoms with E-state index in [1.54, 1.807) is 24.3 Å². The van der Waals surface area contributed by atoms with Crippen LogP contribution in [-0.2, 0) is 29.0 Å². The Hall–Kier alpha value is -3.85. The van der Waals surface area contributed by atoms with Crippen LogP contribution in [0.2, 0.25) is 0 Å². The van der Waals surface area contributed by atoms with E-state index in [1.165, 1.54) is 21.9 Å². The highest BCUT2D eigenvalue weighted by molar-refractivity contribution is 7.16. The molecule has 0 aliphatic carbocycles. The average molecular weight is 463 g/mol. The number of hydrogen-bond donors (Lipinski definition) is 1. The first-order chi connectivity index (χ1) is 16.0. The van der Waals surface area contributed by atoms with Crippen LogP contribution in [0.5, 0.6) is 0 Å². The maximum absolute atomic E-state index is 12.4. The van der Waals surface area contributed by atoms with Gasteiger partial charge < -0.3 is 10.1 Å². The number of nitrogens with zero attached hydrogens (tertiary/aromatic N) is 3. The Labute approximate surface area is 193 Å². The number of hydrogen-bond acceptors (Lipinski definition) is 7. The minimum Gasteiger partial charge on any atom is -0.456 e. The number of amides is 1. The van der Waals surface area contributed by atoms with Crippen LogP contribution in [0.25, 0.3) is 4.96 Å². The molecule has 2 aromatic heterocycles. The van der Waals surface area contributed by atoms with Crippen molar-refractivity contribution in [3.8, 4) is 0 Å². The molecule has 8 nitrogen and oxygen atoms in total. The summed E-state index contributed by atoms with van der Waals surface area (Å²) in [6, 6.07) is 17.6. The van der Waals surface area contributed by atoms with Crippen molar-refractivity contribution in [2.75, 3.05) is 5.32 Å². The summed E-state index contributed by atoms with van der Waals surface area (Å²) < 4.78 is 6.56. The second-order valence-corrected chi connectivity index (χ2v) is 8.36. The van der Waals surface area contributed by atoms with E-state index in [0.717, 1.165) is 10.6 Å². The monoisotopic (exact) mass is 462 g/mol. The van der Waals surface area contributed by atoms with Gasteiger partial charge in [-0.1, -0.05) is 48.6 Å². The predicted octanol–water partition coefficient (Wildman–Crippen LogP) is 3.64. The minimum atomic E-state index is -0.544. The van der Waals surface area contributed by atoms with Gasteiger partial charge in [-0.15, -0.1) is 0 Å². The number of fused-ring (bicyclic) bond motifs is 1. The molecule has 0 bridgehead atoms. The van der Waals surface area contributed by atoms with Crippen molar-refractivity contribution in [2.45, 2.75) is 32.8 Å². The minimum absolute atomic E-state index is 0.101. The van der Waals surface area contributed by atoms with Crippen LogP contribution in [0.4, 0.5) is 5.69 Å². The van der Waals surface area contributed by atoms with E-state index in [2.05, 4.69) is 15.4 Å². The SMILES string of the molecule is CCc1nn2c(=O)cc(COC(=O)c3ccc(NC(=O)CCc4ccccc4)cc3)nc2s1. The second kappa shape index (κ2) is 10.2. The van der Waals surface area contributed by atoms with E-state index in [1.807, 2.05) is 37.3 Å². The van der Waals surface area contributed by atoms with Crippen LogP contribution in [0, 0.1) is 0 Å². The van der Waals surface area contributed by atoms with Crippen molar-refractivity contribution in [3.63, 3.8) is 0 Å². The van der Waals surface area contributed by atoms with Crippen molar-refractivity contribution in [1.29, 1.82) is 0 Å². The lowest BCUT2D eigenvalue weighted by molar-refractivity contribution is -0.116. The molecule has 0 radical (unpaired) electrons. The normalized spacial score (nSPS) is 10.8. The quantitative estimate of drug-likeness (QED) is 0.401. The van der Waals surface area contributed by atoms with Gasteiger partial charge in [0.2, 0.25) is 10.9 Å². The zero-order valence-electron chi connectivity index (χ0n) is 18.0. The molecule has 0 unspecified atom stereocenters. The maximum Gasteiger partial charge on any atom is 0.338 e. The van der Waals surface area contributed by atoms with Crippen LogP contribution in [0.1, 0.15) is 40.0 Å². The van der Waals surface area contributed by atoms with Crippen molar-refractivity contribution in [2.24, 2.45) is 0 Å². The summed E-state index contributed by atoms with van der Waals surface area (Å²) in [6.45, 7) is 1.83. The maximum atomic E-state index is 12.4. The van der Waals surface area contributed by atoms with E-state index in [4.69, 9.17) is 4.74 Å². The number of nitrogens with one attached hydrogen (secondary N) is 1. The summed E-state index contributed by atoms with van der Waals surface area (Å²) in [6.07, 6.45) is 1.73. The van der Waals surface area contributed by atoms with Crippen LogP contribution in [0.3, 0.4) is 0 Å². The van der Waals surface area contributed by atoms with E-state index in [0.29, 0.717) is 41.2 Å². The number of carbonyl (C=O) groups is 2. The Kier molecular flexibility index (Phi) is 6.89. The van der Waals surface area contributed by atoms with Crippen LogP contribution < -0.4 is 10.9 Å². The third kappa shape index (κ3) is 5.69. The number of esters is 1. The Bertz CT molecular complexity index is 1330. The van der Waals surface area contributed by atoms with Gasteiger partial charge in [-0.05, 0) is 42.7 Å². The number of anilines is 1. The third-order valence-corrected chi connectivity index (χ3v) is 5.93. The molecule has 0 fully saturated rings.